The van der Waals surface area contributed by atoms with E-state index in [0.717, 1.165) is 13.1 Å². The Balaban J connectivity index is 1.91. The molecular weight excluding hydrogens is 174 g/mol. The molecule has 3 heterocycles. The van der Waals surface area contributed by atoms with Gasteiger partial charge in [-0.3, -0.25) is 4.90 Å². The lowest BCUT2D eigenvalue weighted by molar-refractivity contribution is 0.351. The van der Waals surface area contributed by atoms with E-state index in [-0.39, 0.29) is 0 Å². The van der Waals surface area contributed by atoms with Gasteiger partial charge in [0.15, 0.2) is 0 Å². The van der Waals surface area contributed by atoms with Gasteiger partial charge in [-0.1, -0.05) is 6.07 Å². The van der Waals surface area contributed by atoms with Gasteiger partial charge in [-0.2, -0.15) is 0 Å². The van der Waals surface area contributed by atoms with Crippen molar-refractivity contribution in [3.8, 4) is 0 Å². The van der Waals surface area contributed by atoms with Crippen LogP contribution in [0, 0.1) is 0 Å². The first-order valence-electron chi connectivity index (χ1n) is 5.25. The third-order valence-electron chi connectivity index (χ3n) is 3.09. The topological polar surface area (TPSA) is 19.4 Å². The van der Waals surface area contributed by atoms with Crippen LogP contribution in [0.4, 0.5) is 5.82 Å². The van der Waals surface area contributed by atoms with Crippen LogP contribution in [-0.2, 0) is 13.1 Å². The van der Waals surface area contributed by atoms with Crippen molar-refractivity contribution >= 4 is 5.82 Å². The van der Waals surface area contributed by atoms with Gasteiger partial charge in [0.2, 0.25) is 0 Å². The zero-order valence-electron chi connectivity index (χ0n) is 8.53. The third-order valence-corrected chi connectivity index (χ3v) is 3.09. The molecule has 0 aromatic carbocycles. The van der Waals surface area contributed by atoms with Crippen molar-refractivity contribution in [1.82, 2.24) is 9.88 Å². The van der Waals surface area contributed by atoms with E-state index in [1.807, 2.05) is 0 Å². The summed E-state index contributed by atoms with van der Waals surface area (Å²) in [6, 6.07) is 4.40. The predicted octanol–water partition coefficient (Wildman–Crippen LogP) is 1.24. The molecular formula is C11H15N3. The lowest BCUT2D eigenvalue weighted by atomic mass is 10.2. The summed E-state index contributed by atoms with van der Waals surface area (Å²) in [5.74, 6) is 1.17. The SMILES string of the molecule is CN1Cc2ccc(N3CCC3)nc2C1. The Morgan fingerprint density at radius 3 is 2.79 bits per heavy atom. The fraction of sp³-hybridized carbons (Fsp3) is 0.545. The molecule has 3 heteroatoms. The number of fused-ring (bicyclic) bond motifs is 1. The second-order valence-corrected chi connectivity index (χ2v) is 4.29. The van der Waals surface area contributed by atoms with Crippen molar-refractivity contribution < 1.29 is 0 Å². The average Bonchev–Trinajstić information content (AvgIpc) is 2.40. The van der Waals surface area contributed by atoms with Crippen molar-refractivity contribution in [2.45, 2.75) is 19.5 Å². The van der Waals surface area contributed by atoms with Gasteiger partial charge in [0.25, 0.3) is 0 Å². The maximum absolute atomic E-state index is 4.71. The Kier molecular flexibility index (Phi) is 1.74. The first kappa shape index (κ1) is 8.24. The highest BCUT2D eigenvalue weighted by Crippen LogP contribution is 2.24. The molecule has 2 aliphatic heterocycles. The summed E-state index contributed by atoms with van der Waals surface area (Å²) >= 11 is 0. The molecule has 0 N–H and O–H groups in total. The molecule has 14 heavy (non-hydrogen) atoms. The van der Waals surface area contributed by atoms with Gasteiger partial charge in [-0.15, -0.1) is 0 Å². The highest BCUT2D eigenvalue weighted by atomic mass is 15.2. The first-order valence-corrected chi connectivity index (χ1v) is 5.25. The number of aromatic nitrogens is 1. The van der Waals surface area contributed by atoms with Crippen molar-refractivity contribution in [2.24, 2.45) is 0 Å². The molecule has 0 atom stereocenters. The smallest absolute Gasteiger partial charge is 0.128 e. The van der Waals surface area contributed by atoms with Crippen LogP contribution < -0.4 is 4.90 Å². The van der Waals surface area contributed by atoms with E-state index in [2.05, 4.69) is 29.0 Å². The van der Waals surface area contributed by atoms with Crippen LogP contribution >= 0.6 is 0 Å². The lowest BCUT2D eigenvalue weighted by Crippen LogP contribution is -2.37. The van der Waals surface area contributed by atoms with Gasteiger partial charge in [-0.25, -0.2) is 4.98 Å². The molecule has 0 unspecified atom stereocenters. The first-order chi connectivity index (χ1) is 6.83. The van der Waals surface area contributed by atoms with E-state index in [1.165, 1.54) is 36.6 Å². The fourth-order valence-corrected chi connectivity index (χ4v) is 2.12. The largest absolute Gasteiger partial charge is 0.356 e. The molecule has 3 rings (SSSR count). The van der Waals surface area contributed by atoms with Gasteiger partial charge in [0.05, 0.1) is 5.69 Å². The summed E-state index contributed by atoms with van der Waals surface area (Å²) in [4.78, 5) is 9.36. The monoisotopic (exact) mass is 189 g/mol. The number of anilines is 1. The van der Waals surface area contributed by atoms with Gasteiger partial charge in [-0.05, 0) is 25.1 Å². The van der Waals surface area contributed by atoms with Gasteiger partial charge < -0.3 is 4.90 Å². The number of hydrogen-bond donors (Lipinski definition) is 0. The predicted molar refractivity (Wildman–Crippen MR) is 56.2 cm³/mol. The Hall–Kier alpha value is -1.09. The normalized spacial score (nSPS) is 20.8. The average molecular weight is 189 g/mol. The second-order valence-electron chi connectivity index (χ2n) is 4.29. The van der Waals surface area contributed by atoms with E-state index in [1.54, 1.807) is 0 Å². The van der Waals surface area contributed by atoms with Crippen LogP contribution in [0.1, 0.15) is 17.7 Å². The Labute approximate surface area is 84.3 Å². The maximum atomic E-state index is 4.71. The summed E-state index contributed by atoms with van der Waals surface area (Å²) in [7, 11) is 2.14. The Bertz CT molecular complexity index is 358. The fourth-order valence-electron chi connectivity index (χ4n) is 2.12. The van der Waals surface area contributed by atoms with Crippen molar-refractivity contribution in [3.05, 3.63) is 23.4 Å². The van der Waals surface area contributed by atoms with Crippen molar-refractivity contribution in [2.75, 3.05) is 25.0 Å². The third kappa shape index (κ3) is 1.20. The summed E-state index contributed by atoms with van der Waals surface area (Å²) < 4.78 is 0. The minimum Gasteiger partial charge on any atom is -0.356 e. The lowest BCUT2D eigenvalue weighted by Gasteiger charge is -2.32. The minimum absolute atomic E-state index is 1.01. The Morgan fingerprint density at radius 1 is 1.21 bits per heavy atom. The molecule has 74 valence electrons. The maximum Gasteiger partial charge on any atom is 0.128 e. The minimum atomic E-state index is 1.01. The van der Waals surface area contributed by atoms with Crippen molar-refractivity contribution in [1.29, 1.82) is 0 Å². The van der Waals surface area contributed by atoms with E-state index in [4.69, 9.17) is 4.98 Å². The van der Waals surface area contributed by atoms with E-state index < -0.39 is 0 Å². The standard InChI is InChI=1S/C11H15N3/c1-13-7-9-3-4-11(12-10(9)8-13)14-5-2-6-14/h3-4H,2,5-8H2,1H3. The van der Waals surface area contributed by atoms with Crippen LogP contribution in [0.3, 0.4) is 0 Å². The van der Waals surface area contributed by atoms with Crippen LogP contribution in [-0.4, -0.2) is 30.0 Å². The zero-order chi connectivity index (χ0) is 9.54. The molecule has 1 aromatic rings. The van der Waals surface area contributed by atoms with E-state index >= 15 is 0 Å². The van der Waals surface area contributed by atoms with E-state index in [0.29, 0.717) is 0 Å². The number of pyridine rings is 1. The molecule has 2 aliphatic rings. The van der Waals surface area contributed by atoms with E-state index in [9.17, 15) is 0 Å². The summed E-state index contributed by atoms with van der Waals surface area (Å²) in [6.45, 7) is 4.43. The summed E-state index contributed by atoms with van der Waals surface area (Å²) in [5.41, 5.74) is 2.67. The van der Waals surface area contributed by atoms with Crippen LogP contribution in [0.5, 0.6) is 0 Å². The van der Waals surface area contributed by atoms with Gasteiger partial charge in [0, 0.05) is 26.2 Å². The molecule has 0 amide bonds. The molecule has 0 aliphatic carbocycles. The molecule has 1 saturated heterocycles. The van der Waals surface area contributed by atoms with Gasteiger partial charge in [0.1, 0.15) is 5.82 Å². The Morgan fingerprint density at radius 2 is 2.07 bits per heavy atom. The number of hydrogen-bond acceptors (Lipinski definition) is 3. The molecule has 3 nitrogen and oxygen atoms in total. The molecule has 1 aromatic heterocycles. The highest BCUT2D eigenvalue weighted by molar-refractivity contribution is 5.44. The molecule has 0 bridgehead atoms. The van der Waals surface area contributed by atoms with Crippen molar-refractivity contribution in [3.63, 3.8) is 0 Å². The quantitative estimate of drug-likeness (QED) is 0.662. The highest BCUT2D eigenvalue weighted by Gasteiger charge is 2.20. The number of nitrogens with zero attached hydrogens (tertiary/aromatic N) is 3. The molecule has 0 radical (unpaired) electrons. The van der Waals surface area contributed by atoms with Crippen LogP contribution in [0.25, 0.3) is 0 Å². The van der Waals surface area contributed by atoms with Gasteiger partial charge >= 0.3 is 0 Å². The zero-order valence-corrected chi connectivity index (χ0v) is 8.53. The molecule has 1 fully saturated rings. The van der Waals surface area contributed by atoms with Crippen LogP contribution in [0.2, 0.25) is 0 Å². The summed E-state index contributed by atoms with van der Waals surface area (Å²) in [6.07, 6.45) is 1.32. The summed E-state index contributed by atoms with van der Waals surface area (Å²) in [5, 5.41) is 0. The van der Waals surface area contributed by atoms with Crippen LogP contribution in [0.15, 0.2) is 12.1 Å². The molecule has 0 spiro atoms. The second kappa shape index (κ2) is 2.95. The molecule has 0 saturated carbocycles. The number of rotatable bonds is 1.